The number of hydrogen-bond donors (Lipinski definition) is 2. The SMILES string of the molecule is CN1CCCN(C(=O)Nc2ccc(CC(=O)O)nc2)CC1. The Morgan fingerprint density at radius 1 is 1.29 bits per heavy atom. The van der Waals surface area contributed by atoms with E-state index in [4.69, 9.17) is 5.11 Å². The van der Waals surface area contributed by atoms with Crippen molar-refractivity contribution in [3.8, 4) is 0 Å². The minimum absolute atomic E-state index is 0.118. The number of nitrogens with one attached hydrogen (secondary N) is 1. The first-order valence-corrected chi connectivity index (χ1v) is 6.96. The number of anilines is 1. The number of carbonyl (C=O) groups excluding carboxylic acids is 1. The van der Waals surface area contributed by atoms with Crippen LogP contribution in [0.1, 0.15) is 12.1 Å². The normalized spacial score (nSPS) is 16.3. The van der Waals surface area contributed by atoms with Gasteiger partial charge in [-0.15, -0.1) is 0 Å². The van der Waals surface area contributed by atoms with Crippen LogP contribution >= 0.6 is 0 Å². The van der Waals surface area contributed by atoms with Crippen molar-refractivity contribution >= 4 is 17.7 Å². The Hall–Kier alpha value is -2.15. The van der Waals surface area contributed by atoms with E-state index in [1.165, 1.54) is 6.20 Å². The standard InChI is InChI=1S/C14H20N4O3/c1-17-5-2-6-18(8-7-17)14(21)16-12-4-3-11(15-10-12)9-13(19)20/h3-4,10H,2,5-9H2,1H3,(H,16,21)(H,19,20). The third-order valence-electron chi connectivity index (χ3n) is 3.42. The summed E-state index contributed by atoms with van der Waals surface area (Å²) < 4.78 is 0. The Morgan fingerprint density at radius 3 is 2.76 bits per heavy atom. The van der Waals surface area contributed by atoms with Crippen LogP contribution in [0.25, 0.3) is 0 Å². The van der Waals surface area contributed by atoms with Crippen molar-refractivity contribution in [2.24, 2.45) is 0 Å². The molecule has 2 heterocycles. The van der Waals surface area contributed by atoms with Gasteiger partial charge in [0.1, 0.15) is 0 Å². The van der Waals surface area contributed by atoms with E-state index in [0.717, 1.165) is 26.1 Å². The molecule has 1 aromatic rings. The Kier molecular flexibility index (Phi) is 5.10. The van der Waals surface area contributed by atoms with Crippen LogP contribution in [-0.4, -0.2) is 65.1 Å². The highest BCUT2D eigenvalue weighted by molar-refractivity contribution is 5.89. The van der Waals surface area contributed by atoms with Gasteiger partial charge in [0.25, 0.3) is 0 Å². The molecule has 0 spiro atoms. The van der Waals surface area contributed by atoms with Gasteiger partial charge in [-0.05, 0) is 32.1 Å². The van der Waals surface area contributed by atoms with Crippen LogP contribution in [0, 0.1) is 0 Å². The smallest absolute Gasteiger partial charge is 0.321 e. The van der Waals surface area contributed by atoms with E-state index in [1.54, 1.807) is 17.0 Å². The Balaban J connectivity index is 1.91. The van der Waals surface area contributed by atoms with Crippen molar-refractivity contribution in [2.75, 3.05) is 38.5 Å². The number of carbonyl (C=O) groups is 2. The average Bonchev–Trinajstić information content (AvgIpc) is 2.65. The second-order valence-corrected chi connectivity index (χ2v) is 5.18. The van der Waals surface area contributed by atoms with Crippen LogP contribution in [0.15, 0.2) is 18.3 Å². The number of likely N-dealkylation sites (N-methyl/N-ethyl adjacent to an activating group) is 1. The van der Waals surface area contributed by atoms with E-state index >= 15 is 0 Å². The van der Waals surface area contributed by atoms with Gasteiger partial charge in [0.05, 0.1) is 24.0 Å². The average molecular weight is 292 g/mol. The summed E-state index contributed by atoms with van der Waals surface area (Å²) in [5, 5.41) is 11.5. The molecule has 0 atom stereocenters. The molecule has 114 valence electrons. The number of nitrogens with zero attached hydrogens (tertiary/aromatic N) is 3. The first-order valence-electron chi connectivity index (χ1n) is 6.96. The van der Waals surface area contributed by atoms with Crippen molar-refractivity contribution in [1.29, 1.82) is 0 Å². The van der Waals surface area contributed by atoms with Crippen LogP contribution in [-0.2, 0) is 11.2 Å². The topological polar surface area (TPSA) is 85.8 Å². The van der Waals surface area contributed by atoms with Gasteiger partial charge < -0.3 is 20.2 Å². The molecular formula is C14H20N4O3. The fraction of sp³-hybridized carbons (Fsp3) is 0.500. The monoisotopic (exact) mass is 292 g/mol. The van der Waals surface area contributed by atoms with Crippen molar-refractivity contribution in [3.63, 3.8) is 0 Å². The zero-order valence-electron chi connectivity index (χ0n) is 12.1. The summed E-state index contributed by atoms with van der Waals surface area (Å²) in [6.45, 7) is 3.30. The van der Waals surface area contributed by atoms with Crippen molar-refractivity contribution in [2.45, 2.75) is 12.8 Å². The number of carboxylic acid groups (broad SMARTS) is 1. The molecule has 2 N–H and O–H groups in total. The van der Waals surface area contributed by atoms with Crippen LogP contribution in [0.5, 0.6) is 0 Å². The third kappa shape index (κ3) is 4.71. The van der Waals surface area contributed by atoms with Gasteiger partial charge in [-0.25, -0.2) is 4.79 Å². The fourth-order valence-electron chi connectivity index (χ4n) is 2.21. The predicted octanol–water partition coefficient (Wildman–Crippen LogP) is 0.878. The largest absolute Gasteiger partial charge is 0.481 e. The summed E-state index contributed by atoms with van der Waals surface area (Å²) in [6.07, 6.45) is 2.33. The van der Waals surface area contributed by atoms with Crippen LogP contribution in [0.3, 0.4) is 0 Å². The highest BCUT2D eigenvalue weighted by Gasteiger charge is 2.17. The molecule has 2 rings (SSSR count). The lowest BCUT2D eigenvalue weighted by molar-refractivity contribution is -0.136. The summed E-state index contributed by atoms with van der Waals surface area (Å²) >= 11 is 0. The van der Waals surface area contributed by atoms with E-state index in [1.807, 2.05) is 7.05 Å². The van der Waals surface area contributed by atoms with Crippen molar-refractivity contribution in [3.05, 3.63) is 24.0 Å². The molecule has 0 unspecified atom stereocenters. The number of pyridine rings is 1. The Morgan fingerprint density at radius 2 is 2.10 bits per heavy atom. The molecule has 7 heteroatoms. The number of urea groups is 1. The summed E-state index contributed by atoms with van der Waals surface area (Å²) in [5.41, 5.74) is 1.05. The molecule has 0 bridgehead atoms. The van der Waals surface area contributed by atoms with E-state index in [-0.39, 0.29) is 12.5 Å². The second-order valence-electron chi connectivity index (χ2n) is 5.18. The maximum Gasteiger partial charge on any atom is 0.321 e. The lowest BCUT2D eigenvalue weighted by atomic mass is 10.2. The second kappa shape index (κ2) is 7.03. The third-order valence-corrected chi connectivity index (χ3v) is 3.42. The Bertz CT molecular complexity index is 503. The molecule has 0 radical (unpaired) electrons. The highest BCUT2D eigenvalue weighted by atomic mass is 16.4. The number of aliphatic carboxylic acids is 1. The minimum Gasteiger partial charge on any atom is -0.481 e. The Labute approximate surface area is 123 Å². The van der Waals surface area contributed by atoms with Gasteiger partial charge in [0.2, 0.25) is 0 Å². The molecule has 7 nitrogen and oxygen atoms in total. The molecule has 1 aromatic heterocycles. The van der Waals surface area contributed by atoms with Gasteiger partial charge in [-0.1, -0.05) is 0 Å². The molecular weight excluding hydrogens is 272 g/mol. The predicted molar refractivity (Wildman–Crippen MR) is 78.3 cm³/mol. The van der Waals surface area contributed by atoms with Gasteiger partial charge in [-0.2, -0.15) is 0 Å². The quantitative estimate of drug-likeness (QED) is 0.863. The van der Waals surface area contributed by atoms with Crippen molar-refractivity contribution in [1.82, 2.24) is 14.8 Å². The molecule has 2 amide bonds. The summed E-state index contributed by atoms with van der Waals surface area (Å²) in [7, 11) is 2.05. The molecule has 0 aliphatic carbocycles. The summed E-state index contributed by atoms with van der Waals surface area (Å²) in [5.74, 6) is -0.923. The molecule has 0 saturated carbocycles. The summed E-state index contributed by atoms with van der Waals surface area (Å²) in [4.78, 5) is 30.8. The molecule has 21 heavy (non-hydrogen) atoms. The maximum absolute atomic E-state index is 12.2. The number of rotatable bonds is 3. The van der Waals surface area contributed by atoms with Crippen LogP contribution in [0.4, 0.5) is 10.5 Å². The zero-order valence-corrected chi connectivity index (χ0v) is 12.1. The molecule has 1 fully saturated rings. The number of amides is 2. The van der Waals surface area contributed by atoms with Gasteiger partial charge in [0.15, 0.2) is 0 Å². The van der Waals surface area contributed by atoms with Gasteiger partial charge in [-0.3, -0.25) is 9.78 Å². The fourth-order valence-corrected chi connectivity index (χ4v) is 2.21. The first kappa shape index (κ1) is 15.2. The molecule has 1 aliphatic rings. The van der Waals surface area contributed by atoms with Crippen molar-refractivity contribution < 1.29 is 14.7 Å². The molecule has 0 aromatic carbocycles. The number of carboxylic acids is 1. The molecule has 1 aliphatic heterocycles. The minimum atomic E-state index is -0.923. The number of hydrogen-bond acceptors (Lipinski definition) is 4. The van der Waals surface area contributed by atoms with Crippen LogP contribution in [0.2, 0.25) is 0 Å². The summed E-state index contributed by atoms with van der Waals surface area (Å²) in [6, 6.07) is 3.14. The van der Waals surface area contributed by atoms with Crippen LogP contribution < -0.4 is 5.32 Å². The molecule has 1 saturated heterocycles. The van der Waals surface area contributed by atoms with E-state index in [2.05, 4.69) is 15.2 Å². The first-order chi connectivity index (χ1) is 10.0. The van der Waals surface area contributed by atoms with E-state index in [0.29, 0.717) is 17.9 Å². The van der Waals surface area contributed by atoms with E-state index in [9.17, 15) is 9.59 Å². The lowest BCUT2D eigenvalue weighted by Gasteiger charge is -2.21. The van der Waals surface area contributed by atoms with E-state index < -0.39 is 5.97 Å². The highest BCUT2D eigenvalue weighted by Crippen LogP contribution is 2.09. The van der Waals surface area contributed by atoms with Gasteiger partial charge in [0, 0.05) is 19.6 Å². The maximum atomic E-state index is 12.2. The number of aromatic nitrogens is 1. The zero-order chi connectivity index (χ0) is 15.2. The van der Waals surface area contributed by atoms with Gasteiger partial charge >= 0.3 is 12.0 Å². The lowest BCUT2D eigenvalue weighted by Crippen LogP contribution is -2.37.